The van der Waals surface area contributed by atoms with E-state index in [0.717, 1.165) is 0 Å². The average molecular weight is 325 g/mol. The minimum absolute atomic E-state index is 0.248. The van der Waals surface area contributed by atoms with Crippen molar-refractivity contribution in [3.63, 3.8) is 0 Å². The van der Waals surface area contributed by atoms with Gasteiger partial charge < -0.3 is 4.43 Å². The largest absolute Gasteiger partial charge is 0.413 e. The van der Waals surface area contributed by atoms with E-state index in [9.17, 15) is 0 Å². The summed E-state index contributed by atoms with van der Waals surface area (Å²) in [5.41, 5.74) is 3.67. The first-order valence-electron chi connectivity index (χ1n) is 8.24. The molecule has 122 valence electrons. The minimum Gasteiger partial charge on any atom is -0.413 e. The van der Waals surface area contributed by atoms with Crippen LogP contribution in [0.4, 0.5) is 0 Å². The van der Waals surface area contributed by atoms with Gasteiger partial charge in [0, 0.05) is 0 Å². The topological polar surface area (TPSA) is 9.23 Å². The Bertz CT molecular complexity index is 651. The van der Waals surface area contributed by atoms with Crippen LogP contribution in [0.15, 0.2) is 54.6 Å². The average Bonchev–Trinajstić information content (AvgIpc) is 2.51. The van der Waals surface area contributed by atoms with E-state index in [4.69, 9.17) is 4.43 Å². The van der Waals surface area contributed by atoms with Crippen molar-refractivity contribution in [2.24, 2.45) is 0 Å². The van der Waals surface area contributed by atoms with E-state index in [1.807, 2.05) is 6.07 Å². The molecule has 23 heavy (non-hydrogen) atoms. The summed E-state index contributed by atoms with van der Waals surface area (Å²) in [6.07, 6.45) is 4.30. The predicted octanol–water partition coefficient (Wildman–Crippen LogP) is 6.38. The number of rotatable bonds is 5. The Morgan fingerprint density at radius 2 is 1.48 bits per heavy atom. The highest BCUT2D eigenvalue weighted by molar-refractivity contribution is 6.74. The fourth-order valence-corrected chi connectivity index (χ4v) is 2.98. The van der Waals surface area contributed by atoms with Crippen LogP contribution in [-0.4, -0.2) is 8.32 Å². The van der Waals surface area contributed by atoms with Gasteiger partial charge in [0.15, 0.2) is 8.32 Å². The molecule has 2 aromatic rings. The lowest BCUT2D eigenvalue weighted by Gasteiger charge is -2.36. The highest BCUT2D eigenvalue weighted by Crippen LogP contribution is 2.37. The number of hydrogen-bond acceptors (Lipinski definition) is 1. The molecule has 0 heterocycles. The van der Waals surface area contributed by atoms with Crippen LogP contribution in [0.3, 0.4) is 0 Å². The van der Waals surface area contributed by atoms with Crippen molar-refractivity contribution >= 4 is 20.5 Å². The monoisotopic (exact) mass is 324 g/mol. The molecule has 2 heteroatoms. The van der Waals surface area contributed by atoms with E-state index in [1.165, 1.54) is 16.7 Å². The molecule has 2 aromatic carbocycles. The summed E-state index contributed by atoms with van der Waals surface area (Å²) < 4.78 is 6.31. The highest BCUT2D eigenvalue weighted by Gasteiger charge is 2.36. The van der Waals surface area contributed by atoms with Gasteiger partial charge >= 0.3 is 0 Å². The predicted molar refractivity (Wildman–Crippen MR) is 104 cm³/mol. The van der Waals surface area contributed by atoms with Crippen molar-refractivity contribution in [2.75, 3.05) is 0 Å². The molecule has 0 aromatic heterocycles. The summed E-state index contributed by atoms with van der Waals surface area (Å²) in [5.74, 6) is 0. The standard InChI is InChI=1S/C21H28OSi/c1-21(2,3)23(4,5)22-17-20-13-9-12-19(16-20)15-14-18-10-7-6-8-11-18/h6-16H,17H2,1-5H3. The second-order valence-corrected chi connectivity index (χ2v) is 12.3. The van der Waals surface area contributed by atoms with Gasteiger partial charge in [0.2, 0.25) is 0 Å². The van der Waals surface area contributed by atoms with Crippen molar-refractivity contribution in [1.82, 2.24) is 0 Å². The first-order valence-corrected chi connectivity index (χ1v) is 11.1. The van der Waals surface area contributed by atoms with Crippen LogP contribution in [0.25, 0.3) is 12.2 Å². The third kappa shape index (κ3) is 5.19. The van der Waals surface area contributed by atoms with E-state index >= 15 is 0 Å². The van der Waals surface area contributed by atoms with Gasteiger partial charge in [0.25, 0.3) is 0 Å². The third-order valence-electron chi connectivity index (χ3n) is 4.62. The van der Waals surface area contributed by atoms with Crippen LogP contribution >= 0.6 is 0 Å². The van der Waals surface area contributed by atoms with Gasteiger partial charge in [0.05, 0.1) is 6.61 Å². The van der Waals surface area contributed by atoms with E-state index < -0.39 is 8.32 Å². The molecular formula is C21H28OSi. The Morgan fingerprint density at radius 1 is 0.870 bits per heavy atom. The molecule has 0 aliphatic heterocycles. The van der Waals surface area contributed by atoms with Gasteiger partial charge in [-0.05, 0) is 40.9 Å². The molecule has 0 radical (unpaired) electrons. The van der Waals surface area contributed by atoms with Crippen LogP contribution in [0.2, 0.25) is 18.1 Å². The van der Waals surface area contributed by atoms with Crippen LogP contribution < -0.4 is 0 Å². The smallest absolute Gasteiger partial charge is 0.192 e. The summed E-state index contributed by atoms with van der Waals surface area (Å²) in [6.45, 7) is 12.1. The van der Waals surface area contributed by atoms with Gasteiger partial charge in [-0.3, -0.25) is 0 Å². The van der Waals surface area contributed by atoms with Crippen LogP contribution in [-0.2, 0) is 11.0 Å². The Hall–Kier alpha value is -1.64. The molecule has 0 aliphatic carbocycles. The maximum atomic E-state index is 6.31. The summed E-state index contributed by atoms with van der Waals surface area (Å²) >= 11 is 0. The second kappa shape index (κ2) is 7.29. The van der Waals surface area contributed by atoms with Crippen molar-refractivity contribution in [1.29, 1.82) is 0 Å². The fraction of sp³-hybridized carbons (Fsp3) is 0.333. The molecule has 0 unspecified atom stereocenters. The molecule has 1 nitrogen and oxygen atoms in total. The molecule has 0 bridgehead atoms. The lowest BCUT2D eigenvalue weighted by atomic mass is 10.1. The Labute approximate surface area is 142 Å². The van der Waals surface area contributed by atoms with Gasteiger partial charge in [0.1, 0.15) is 0 Å². The molecule has 2 rings (SSSR count). The lowest BCUT2D eigenvalue weighted by Crippen LogP contribution is -2.40. The lowest BCUT2D eigenvalue weighted by molar-refractivity contribution is 0.276. The quantitative estimate of drug-likeness (QED) is 0.458. The number of benzene rings is 2. The van der Waals surface area contributed by atoms with E-state index in [0.29, 0.717) is 6.61 Å². The van der Waals surface area contributed by atoms with E-state index in [2.05, 4.69) is 94.5 Å². The molecule has 0 saturated heterocycles. The van der Waals surface area contributed by atoms with Crippen molar-refractivity contribution in [3.8, 4) is 0 Å². The summed E-state index contributed by atoms with van der Waals surface area (Å²) in [6, 6.07) is 19.0. The molecule has 0 saturated carbocycles. The molecule has 0 aliphatic rings. The van der Waals surface area contributed by atoms with Crippen LogP contribution in [0.5, 0.6) is 0 Å². The second-order valence-electron chi connectivity index (χ2n) is 7.54. The normalized spacial score (nSPS) is 12.7. The first kappa shape index (κ1) is 17.7. The maximum Gasteiger partial charge on any atom is 0.192 e. The zero-order valence-electron chi connectivity index (χ0n) is 15.0. The zero-order chi connectivity index (χ0) is 16.9. The van der Waals surface area contributed by atoms with Gasteiger partial charge in [-0.15, -0.1) is 0 Å². The van der Waals surface area contributed by atoms with E-state index in [-0.39, 0.29) is 5.04 Å². The van der Waals surface area contributed by atoms with Gasteiger partial charge in [-0.2, -0.15) is 0 Å². The van der Waals surface area contributed by atoms with Crippen molar-refractivity contribution in [3.05, 3.63) is 71.3 Å². The first-order chi connectivity index (χ1) is 10.8. The Balaban J connectivity index is 2.04. The minimum atomic E-state index is -1.69. The van der Waals surface area contributed by atoms with Crippen molar-refractivity contribution in [2.45, 2.75) is 45.5 Å². The molecule has 0 spiro atoms. The fourth-order valence-electron chi connectivity index (χ4n) is 2.02. The third-order valence-corrected chi connectivity index (χ3v) is 9.10. The van der Waals surface area contributed by atoms with Gasteiger partial charge in [-0.25, -0.2) is 0 Å². The van der Waals surface area contributed by atoms with Crippen LogP contribution in [0, 0.1) is 0 Å². The summed E-state index contributed by atoms with van der Waals surface area (Å²) in [5, 5.41) is 0.248. The SMILES string of the molecule is CC(C)(C)[Si](C)(C)OCc1cccc(C=Cc2ccccc2)c1. The maximum absolute atomic E-state index is 6.31. The summed E-state index contributed by atoms with van der Waals surface area (Å²) in [4.78, 5) is 0. The van der Waals surface area contributed by atoms with Crippen LogP contribution in [0.1, 0.15) is 37.5 Å². The number of hydrogen-bond donors (Lipinski definition) is 0. The zero-order valence-corrected chi connectivity index (χ0v) is 16.0. The molecule has 0 amide bonds. The molecule has 0 atom stereocenters. The summed E-state index contributed by atoms with van der Waals surface area (Å²) in [7, 11) is -1.69. The molecule has 0 N–H and O–H groups in total. The molecular weight excluding hydrogens is 296 g/mol. The van der Waals surface area contributed by atoms with Crippen molar-refractivity contribution < 1.29 is 4.43 Å². The van der Waals surface area contributed by atoms with Gasteiger partial charge in [-0.1, -0.05) is 81.5 Å². The molecule has 0 fully saturated rings. The highest BCUT2D eigenvalue weighted by atomic mass is 28.4. The van der Waals surface area contributed by atoms with E-state index in [1.54, 1.807) is 0 Å². The Kier molecular flexibility index (Phi) is 5.61. The Morgan fingerprint density at radius 3 is 2.13 bits per heavy atom.